The molecule has 66 valence electrons. The van der Waals surface area contributed by atoms with Crippen LogP contribution >= 0.6 is 11.6 Å². The minimum atomic E-state index is 0.431. The van der Waals surface area contributed by atoms with Crippen LogP contribution in [0.15, 0.2) is 24.5 Å². The quantitative estimate of drug-likeness (QED) is 0.664. The lowest BCUT2D eigenvalue weighted by Gasteiger charge is -1.79. The lowest BCUT2D eigenvalue weighted by Crippen LogP contribution is -1.80. The van der Waals surface area contributed by atoms with Crippen molar-refractivity contribution >= 4 is 18.1 Å². The number of aromatic nitrogens is 1. The Morgan fingerprint density at radius 2 is 2.17 bits per heavy atom. The fourth-order valence-corrected chi connectivity index (χ4v) is 0.514. The molecule has 0 fully saturated rings. The monoisotopic (exact) mass is 187 g/mol. The Labute approximate surface area is 76.3 Å². The van der Waals surface area contributed by atoms with Gasteiger partial charge in [-0.15, -0.1) is 0 Å². The maximum absolute atomic E-state index is 9.18. The maximum Gasteiger partial charge on any atom is 0.293 e. The predicted octanol–water partition coefficient (Wildman–Crippen LogP) is 1.91. The fraction of sp³-hybridized carbons (Fsp3) is 0.250. The van der Waals surface area contributed by atoms with Crippen molar-refractivity contribution in [3.05, 3.63) is 29.5 Å². The Morgan fingerprint density at radius 1 is 1.58 bits per heavy atom. The maximum atomic E-state index is 9.18. The van der Waals surface area contributed by atoms with E-state index in [4.69, 9.17) is 11.6 Å². The largest absolute Gasteiger partial charge is 0.468 e. The van der Waals surface area contributed by atoms with Crippen molar-refractivity contribution in [1.82, 2.24) is 4.98 Å². The summed E-state index contributed by atoms with van der Waals surface area (Å²) in [6, 6.07) is 3.48. The summed E-state index contributed by atoms with van der Waals surface area (Å²) in [5.74, 6) is 0. The zero-order valence-electron chi connectivity index (χ0n) is 6.74. The van der Waals surface area contributed by atoms with Gasteiger partial charge < -0.3 is 4.74 Å². The van der Waals surface area contributed by atoms with Crippen LogP contribution in [0, 0.1) is 0 Å². The third-order valence-electron chi connectivity index (χ3n) is 0.874. The molecule has 1 aromatic rings. The third kappa shape index (κ3) is 7.02. The first-order chi connectivity index (χ1) is 5.81. The molecule has 0 aromatic carbocycles. The van der Waals surface area contributed by atoms with Gasteiger partial charge in [0.1, 0.15) is 0 Å². The van der Waals surface area contributed by atoms with Crippen molar-refractivity contribution in [2.75, 3.05) is 6.61 Å². The summed E-state index contributed by atoms with van der Waals surface area (Å²) < 4.78 is 4.15. The van der Waals surface area contributed by atoms with Gasteiger partial charge in [-0.1, -0.05) is 11.6 Å². The molecule has 4 heteroatoms. The number of pyridine rings is 1. The number of nitrogens with zero attached hydrogens (tertiary/aromatic N) is 1. The molecule has 0 unspecified atom stereocenters. The number of halogens is 1. The highest BCUT2D eigenvalue weighted by molar-refractivity contribution is 6.30. The molecule has 0 N–H and O–H groups in total. The Morgan fingerprint density at radius 3 is 2.33 bits per heavy atom. The summed E-state index contributed by atoms with van der Waals surface area (Å²) in [6.45, 7) is 2.66. The second-order valence-electron chi connectivity index (χ2n) is 1.72. The van der Waals surface area contributed by atoms with Gasteiger partial charge in [0, 0.05) is 17.4 Å². The number of carbonyl (C=O) groups is 1. The first kappa shape index (κ1) is 10.9. The first-order valence-corrected chi connectivity index (χ1v) is 3.79. The lowest BCUT2D eigenvalue weighted by molar-refractivity contribution is -0.128. The summed E-state index contributed by atoms with van der Waals surface area (Å²) in [4.78, 5) is 12.9. The molecule has 0 aliphatic heterocycles. The van der Waals surface area contributed by atoms with Gasteiger partial charge >= 0.3 is 0 Å². The average molecular weight is 188 g/mol. The van der Waals surface area contributed by atoms with Crippen LogP contribution < -0.4 is 0 Å². The van der Waals surface area contributed by atoms with Crippen LogP contribution in [0.3, 0.4) is 0 Å². The molecule has 12 heavy (non-hydrogen) atoms. The summed E-state index contributed by atoms with van der Waals surface area (Å²) in [7, 11) is 0. The van der Waals surface area contributed by atoms with Gasteiger partial charge in [0.2, 0.25) is 0 Å². The van der Waals surface area contributed by atoms with Gasteiger partial charge in [-0.05, 0) is 19.1 Å². The molecule has 1 rings (SSSR count). The molecule has 0 atom stereocenters. The third-order valence-corrected chi connectivity index (χ3v) is 1.13. The second kappa shape index (κ2) is 8.01. The van der Waals surface area contributed by atoms with E-state index < -0.39 is 0 Å². The molecular weight excluding hydrogens is 178 g/mol. The van der Waals surface area contributed by atoms with Crippen LogP contribution in [0.4, 0.5) is 0 Å². The highest BCUT2D eigenvalue weighted by Crippen LogP contribution is 2.01. The lowest BCUT2D eigenvalue weighted by atomic mass is 10.5. The Hall–Kier alpha value is -1.09. The van der Waals surface area contributed by atoms with Gasteiger partial charge in [-0.2, -0.15) is 0 Å². The molecular formula is C8H10ClNO2. The number of hydrogen-bond donors (Lipinski definition) is 0. The first-order valence-electron chi connectivity index (χ1n) is 3.42. The molecule has 0 saturated carbocycles. The molecule has 0 amide bonds. The van der Waals surface area contributed by atoms with Crippen LogP contribution in [0.25, 0.3) is 0 Å². The van der Waals surface area contributed by atoms with E-state index in [0.717, 1.165) is 5.02 Å². The van der Waals surface area contributed by atoms with Gasteiger partial charge in [0.15, 0.2) is 0 Å². The summed E-state index contributed by atoms with van der Waals surface area (Å²) in [5.41, 5.74) is 0. The molecule has 1 aromatic heterocycles. The number of ether oxygens (including phenoxy) is 1. The molecule has 3 nitrogen and oxygen atoms in total. The van der Waals surface area contributed by atoms with Gasteiger partial charge in [-0.3, -0.25) is 9.78 Å². The number of rotatable bonds is 2. The topological polar surface area (TPSA) is 39.2 Å². The summed E-state index contributed by atoms with van der Waals surface area (Å²) in [6.07, 6.45) is 3.31. The highest BCUT2D eigenvalue weighted by atomic mass is 35.5. The minimum Gasteiger partial charge on any atom is -0.468 e. The minimum absolute atomic E-state index is 0.431. The van der Waals surface area contributed by atoms with E-state index >= 15 is 0 Å². The van der Waals surface area contributed by atoms with Crippen LogP contribution in [-0.4, -0.2) is 18.1 Å². The van der Waals surface area contributed by atoms with Gasteiger partial charge in [0.25, 0.3) is 6.47 Å². The average Bonchev–Trinajstić information content (AvgIpc) is 2.08. The molecule has 0 spiro atoms. The van der Waals surface area contributed by atoms with E-state index in [2.05, 4.69) is 9.72 Å². The van der Waals surface area contributed by atoms with Gasteiger partial charge in [0.05, 0.1) is 6.61 Å². The van der Waals surface area contributed by atoms with Crippen molar-refractivity contribution in [2.45, 2.75) is 6.92 Å². The van der Waals surface area contributed by atoms with Crippen molar-refractivity contribution in [3.63, 3.8) is 0 Å². The molecule has 0 saturated heterocycles. The number of carbonyl (C=O) groups excluding carboxylic acids is 1. The van der Waals surface area contributed by atoms with Crippen LogP contribution in [0.1, 0.15) is 6.92 Å². The van der Waals surface area contributed by atoms with E-state index in [9.17, 15) is 4.79 Å². The van der Waals surface area contributed by atoms with E-state index in [1.165, 1.54) is 0 Å². The van der Waals surface area contributed by atoms with Crippen molar-refractivity contribution in [2.24, 2.45) is 0 Å². The molecule has 0 radical (unpaired) electrons. The van der Waals surface area contributed by atoms with Crippen molar-refractivity contribution < 1.29 is 9.53 Å². The van der Waals surface area contributed by atoms with Gasteiger partial charge in [-0.25, -0.2) is 0 Å². The Balaban J connectivity index is 0.000000217. The molecule has 0 bridgehead atoms. The van der Waals surface area contributed by atoms with Crippen LogP contribution in [0.5, 0.6) is 0 Å². The molecule has 0 aliphatic rings. The normalized spacial score (nSPS) is 7.83. The fourth-order valence-electron chi connectivity index (χ4n) is 0.402. The van der Waals surface area contributed by atoms with E-state index in [-0.39, 0.29) is 0 Å². The van der Waals surface area contributed by atoms with Crippen molar-refractivity contribution in [3.8, 4) is 0 Å². The zero-order valence-corrected chi connectivity index (χ0v) is 7.49. The zero-order chi connectivity index (χ0) is 9.23. The van der Waals surface area contributed by atoms with E-state index in [1.54, 1.807) is 31.5 Å². The summed E-state index contributed by atoms with van der Waals surface area (Å²) >= 11 is 5.50. The smallest absolute Gasteiger partial charge is 0.293 e. The van der Waals surface area contributed by atoms with E-state index in [0.29, 0.717) is 13.1 Å². The van der Waals surface area contributed by atoms with Crippen LogP contribution in [-0.2, 0) is 9.53 Å². The Bertz CT molecular complexity index is 203. The highest BCUT2D eigenvalue weighted by Gasteiger charge is 1.75. The molecule has 1 heterocycles. The molecule has 0 aliphatic carbocycles. The summed E-state index contributed by atoms with van der Waals surface area (Å²) in [5, 5.41) is 0.731. The predicted molar refractivity (Wildman–Crippen MR) is 46.9 cm³/mol. The number of hydrogen-bond acceptors (Lipinski definition) is 3. The van der Waals surface area contributed by atoms with E-state index in [1.807, 2.05) is 0 Å². The Kier molecular flexibility index (Phi) is 7.28. The second-order valence-corrected chi connectivity index (χ2v) is 2.15. The van der Waals surface area contributed by atoms with Crippen LogP contribution in [0.2, 0.25) is 5.02 Å². The standard InChI is InChI=1S/C5H4ClN.C3H6O2/c6-5-1-3-7-4-2-5;1-2-5-3-4/h1-4H;3H,2H2,1H3. The SMILES string of the molecule is CCOC=O.Clc1ccncc1. The van der Waals surface area contributed by atoms with Crippen molar-refractivity contribution in [1.29, 1.82) is 0 Å².